The highest BCUT2D eigenvalue weighted by Crippen LogP contribution is 2.29. The monoisotopic (exact) mass is 310 g/mol. The first-order chi connectivity index (χ1) is 11.4. The van der Waals surface area contributed by atoms with Gasteiger partial charge in [0.1, 0.15) is 0 Å². The Balaban J connectivity index is 1.47. The third-order valence-electron chi connectivity index (χ3n) is 5.30. The van der Waals surface area contributed by atoms with E-state index in [1.165, 1.54) is 62.3 Å². The Kier molecular flexibility index (Phi) is 4.33. The fourth-order valence-electron chi connectivity index (χ4n) is 4.10. The van der Waals surface area contributed by atoms with Gasteiger partial charge in [-0.1, -0.05) is 18.2 Å². The number of piperidine rings is 1. The van der Waals surface area contributed by atoms with E-state index < -0.39 is 0 Å². The average molecular weight is 310 g/mol. The van der Waals surface area contributed by atoms with Crippen LogP contribution in [0.1, 0.15) is 42.9 Å². The summed E-state index contributed by atoms with van der Waals surface area (Å²) in [5.41, 5.74) is 4.23. The first-order valence-corrected chi connectivity index (χ1v) is 8.94. The van der Waals surface area contributed by atoms with Crippen LogP contribution in [0.15, 0.2) is 36.5 Å². The molecule has 1 aromatic heterocycles. The highest BCUT2D eigenvalue weighted by Gasteiger charge is 2.23. The van der Waals surface area contributed by atoms with Crippen molar-refractivity contribution in [3.05, 3.63) is 47.8 Å². The van der Waals surface area contributed by atoms with Crippen LogP contribution >= 0.6 is 0 Å². The number of para-hydroxylation sites is 1. The Labute approximate surface area is 138 Å². The minimum atomic E-state index is 0.602. The molecule has 0 aliphatic carbocycles. The number of likely N-dealkylation sites (tertiary alicyclic amines) is 1. The first kappa shape index (κ1) is 14.8. The van der Waals surface area contributed by atoms with Crippen LogP contribution in [0.2, 0.25) is 0 Å². The van der Waals surface area contributed by atoms with E-state index in [1.54, 1.807) is 0 Å². The Morgan fingerprint density at radius 3 is 2.74 bits per heavy atom. The summed E-state index contributed by atoms with van der Waals surface area (Å²) in [6.45, 7) is 5.84. The zero-order valence-corrected chi connectivity index (χ0v) is 13.7. The van der Waals surface area contributed by atoms with Crippen molar-refractivity contribution in [1.82, 2.24) is 15.1 Å². The van der Waals surface area contributed by atoms with E-state index in [0.29, 0.717) is 5.92 Å². The Morgan fingerprint density at radius 2 is 1.91 bits per heavy atom. The molecule has 1 unspecified atom stereocenters. The van der Waals surface area contributed by atoms with Crippen LogP contribution in [0, 0.1) is 0 Å². The number of aromatic nitrogens is 2. The molecule has 1 N–H and O–H groups in total. The molecule has 1 aromatic carbocycles. The molecular weight excluding hydrogens is 284 g/mol. The molecule has 2 aliphatic heterocycles. The van der Waals surface area contributed by atoms with Gasteiger partial charge < -0.3 is 4.90 Å². The van der Waals surface area contributed by atoms with Crippen molar-refractivity contribution in [2.75, 3.05) is 31.1 Å². The molecule has 0 bridgehead atoms. The second-order valence-corrected chi connectivity index (χ2v) is 6.91. The van der Waals surface area contributed by atoms with E-state index in [4.69, 9.17) is 0 Å². The lowest BCUT2D eigenvalue weighted by atomic mass is 9.94. The van der Waals surface area contributed by atoms with Crippen LogP contribution in [0.3, 0.4) is 0 Å². The predicted molar refractivity (Wildman–Crippen MR) is 93.7 cm³/mol. The van der Waals surface area contributed by atoms with Crippen molar-refractivity contribution >= 4 is 5.69 Å². The molecule has 2 aliphatic rings. The zero-order valence-electron chi connectivity index (χ0n) is 13.7. The van der Waals surface area contributed by atoms with Crippen molar-refractivity contribution in [2.24, 2.45) is 0 Å². The SMILES string of the molecule is c1ccc(N2CCCC2)c(CN2CCCC(c3ccn[nH]3)C2)c1. The summed E-state index contributed by atoms with van der Waals surface area (Å²) in [6.07, 6.45) is 7.08. The van der Waals surface area contributed by atoms with E-state index in [1.807, 2.05) is 6.20 Å². The first-order valence-electron chi connectivity index (χ1n) is 8.94. The lowest BCUT2D eigenvalue weighted by Crippen LogP contribution is -2.34. The van der Waals surface area contributed by atoms with Crippen LogP contribution in [0.25, 0.3) is 0 Å². The number of hydrogen-bond donors (Lipinski definition) is 1. The van der Waals surface area contributed by atoms with Gasteiger partial charge in [0, 0.05) is 49.7 Å². The molecular formula is C19H26N4. The molecule has 0 spiro atoms. The van der Waals surface area contributed by atoms with Gasteiger partial charge in [0.25, 0.3) is 0 Å². The third kappa shape index (κ3) is 3.27. The van der Waals surface area contributed by atoms with E-state index >= 15 is 0 Å². The molecule has 3 heterocycles. The summed E-state index contributed by atoms with van der Waals surface area (Å²) in [5, 5.41) is 7.29. The van der Waals surface area contributed by atoms with Gasteiger partial charge in [0.2, 0.25) is 0 Å². The summed E-state index contributed by atoms with van der Waals surface area (Å²) >= 11 is 0. The van der Waals surface area contributed by atoms with E-state index in [9.17, 15) is 0 Å². The van der Waals surface area contributed by atoms with Crippen LogP contribution in [0.5, 0.6) is 0 Å². The standard InChI is InChI=1S/C19H26N4/c1-2-8-19(23-12-3-4-13-23)17(6-1)15-22-11-5-7-16(14-22)18-9-10-20-21-18/h1-2,6,8-10,16H,3-5,7,11-15H2,(H,20,21). The maximum atomic E-state index is 4.12. The molecule has 4 rings (SSSR count). The van der Waals surface area contributed by atoms with Gasteiger partial charge in [-0.3, -0.25) is 10.00 Å². The van der Waals surface area contributed by atoms with Crippen molar-refractivity contribution < 1.29 is 0 Å². The quantitative estimate of drug-likeness (QED) is 0.940. The van der Waals surface area contributed by atoms with Gasteiger partial charge >= 0.3 is 0 Å². The van der Waals surface area contributed by atoms with E-state index in [-0.39, 0.29) is 0 Å². The lowest BCUT2D eigenvalue weighted by molar-refractivity contribution is 0.198. The Morgan fingerprint density at radius 1 is 1.04 bits per heavy atom. The number of hydrogen-bond acceptors (Lipinski definition) is 3. The molecule has 1 atom stereocenters. The predicted octanol–water partition coefficient (Wildman–Crippen LogP) is 3.39. The fraction of sp³-hybridized carbons (Fsp3) is 0.526. The van der Waals surface area contributed by atoms with Gasteiger partial charge in [0.15, 0.2) is 0 Å². The van der Waals surface area contributed by atoms with Crippen molar-refractivity contribution in [2.45, 2.75) is 38.1 Å². The zero-order chi connectivity index (χ0) is 15.5. The Hall–Kier alpha value is -1.81. The molecule has 0 amide bonds. The largest absolute Gasteiger partial charge is 0.371 e. The molecule has 2 aromatic rings. The molecule has 122 valence electrons. The second kappa shape index (κ2) is 6.75. The van der Waals surface area contributed by atoms with Gasteiger partial charge in [-0.15, -0.1) is 0 Å². The van der Waals surface area contributed by atoms with Crippen molar-refractivity contribution in [3.63, 3.8) is 0 Å². The van der Waals surface area contributed by atoms with Crippen molar-refractivity contribution in [1.29, 1.82) is 0 Å². The summed E-state index contributed by atoms with van der Waals surface area (Å²) in [5.74, 6) is 0.602. The Bertz CT molecular complexity index is 616. The topological polar surface area (TPSA) is 35.2 Å². The molecule has 23 heavy (non-hydrogen) atoms. The van der Waals surface area contributed by atoms with Gasteiger partial charge in [0.05, 0.1) is 0 Å². The normalized spacial score (nSPS) is 22.6. The number of H-pyrrole nitrogens is 1. The number of nitrogens with one attached hydrogen (secondary N) is 1. The number of benzene rings is 1. The average Bonchev–Trinajstić information content (AvgIpc) is 3.30. The maximum absolute atomic E-state index is 4.12. The second-order valence-electron chi connectivity index (χ2n) is 6.91. The smallest absolute Gasteiger partial charge is 0.0490 e. The van der Waals surface area contributed by atoms with Crippen LogP contribution < -0.4 is 4.90 Å². The summed E-state index contributed by atoms with van der Waals surface area (Å²) in [6, 6.07) is 11.1. The summed E-state index contributed by atoms with van der Waals surface area (Å²) in [4.78, 5) is 5.18. The lowest BCUT2D eigenvalue weighted by Gasteiger charge is -2.33. The maximum Gasteiger partial charge on any atom is 0.0490 e. The summed E-state index contributed by atoms with van der Waals surface area (Å²) in [7, 11) is 0. The fourth-order valence-corrected chi connectivity index (χ4v) is 4.10. The van der Waals surface area contributed by atoms with E-state index in [2.05, 4.69) is 50.3 Å². The number of anilines is 1. The molecule has 0 radical (unpaired) electrons. The molecule has 0 saturated carbocycles. The van der Waals surface area contributed by atoms with Crippen LogP contribution in [0.4, 0.5) is 5.69 Å². The minimum Gasteiger partial charge on any atom is -0.371 e. The van der Waals surface area contributed by atoms with E-state index in [0.717, 1.165) is 13.1 Å². The third-order valence-corrected chi connectivity index (χ3v) is 5.30. The molecule has 4 heteroatoms. The minimum absolute atomic E-state index is 0.602. The van der Waals surface area contributed by atoms with Gasteiger partial charge in [-0.25, -0.2) is 0 Å². The molecule has 2 fully saturated rings. The number of nitrogens with zero attached hydrogens (tertiary/aromatic N) is 3. The highest BCUT2D eigenvalue weighted by molar-refractivity contribution is 5.54. The highest BCUT2D eigenvalue weighted by atomic mass is 15.2. The molecule has 2 saturated heterocycles. The number of rotatable bonds is 4. The summed E-state index contributed by atoms with van der Waals surface area (Å²) < 4.78 is 0. The van der Waals surface area contributed by atoms with Crippen LogP contribution in [-0.4, -0.2) is 41.3 Å². The number of aromatic amines is 1. The van der Waals surface area contributed by atoms with Gasteiger partial charge in [-0.05, 0) is 49.9 Å². The molecule has 4 nitrogen and oxygen atoms in total. The van der Waals surface area contributed by atoms with Gasteiger partial charge in [-0.2, -0.15) is 5.10 Å². The van der Waals surface area contributed by atoms with Crippen LogP contribution in [-0.2, 0) is 6.54 Å². The van der Waals surface area contributed by atoms with Crippen molar-refractivity contribution in [3.8, 4) is 0 Å².